The van der Waals surface area contributed by atoms with Crippen molar-refractivity contribution in [3.05, 3.63) is 0 Å². The first kappa shape index (κ1) is 8.09. The van der Waals surface area contributed by atoms with Gasteiger partial charge in [-0.2, -0.15) is 0 Å². The molecule has 0 atom stereocenters. The van der Waals surface area contributed by atoms with Crippen LogP contribution in [0.25, 0.3) is 0 Å². The number of hydrogen-bond donors (Lipinski definition) is 0. The quantitative estimate of drug-likeness (QED) is 0.529. The monoisotopic (exact) mass is 130 g/mol. The summed E-state index contributed by atoms with van der Waals surface area (Å²) in [7, 11) is 0. The van der Waals surface area contributed by atoms with Crippen LogP contribution < -0.4 is 0 Å². The van der Waals surface area contributed by atoms with Crippen LogP contribution in [0.4, 0.5) is 0 Å². The van der Waals surface area contributed by atoms with Gasteiger partial charge in [-0.25, -0.2) is 0 Å². The van der Waals surface area contributed by atoms with E-state index in [0.29, 0.717) is 5.92 Å². The molecule has 48 valence electrons. The van der Waals surface area contributed by atoms with E-state index in [2.05, 4.69) is 13.8 Å². The third-order valence-corrected chi connectivity index (χ3v) is 1.89. The summed E-state index contributed by atoms with van der Waals surface area (Å²) in [6.45, 7) is 6.40. The summed E-state index contributed by atoms with van der Waals surface area (Å²) in [6, 6.07) is 0. The van der Waals surface area contributed by atoms with Gasteiger partial charge in [-0.05, 0) is 30.5 Å². The minimum Gasteiger partial charge on any atom is -0.0897 e. The predicted octanol–water partition coefficient (Wildman–Crippen LogP) is 2.81. The Morgan fingerprint density at radius 3 is 1.75 bits per heavy atom. The first-order valence-corrected chi connectivity index (χ1v) is 3.63. The maximum Gasteiger partial charge on any atom is -0.00718 e. The summed E-state index contributed by atoms with van der Waals surface area (Å²) in [6.07, 6.45) is 2.40. The zero-order chi connectivity index (χ0) is 6.57. The second-order valence-corrected chi connectivity index (χ2v) is 2.77. The van der Waals surface area contributed by atoms with Gasteiger partial charge in [-0.3, -0.25) is 0 Å². The molecule has 0 radical (unpaired) electrons. The van der Waals surface area contributed by atoms with Crippen LogP contribution in [0.2, 0.25) is 0 Å². The highest BCUT2D eigenvalue weighted by Crippen LogP contribution is 2.08. The van der Waals surface area contributed by atoms with Crippen molar-refractivity contribution in [2.24, 2.45) is 5.92 Å². The summed E-state index contributed by atoms with van der Waals surface area (Å²) in [4.78, 5) is 1.16. The van der Waals surface area contributed by atoms with Crippen molar-refractivity contribution < 1.29 is 0 Å². The number of rotatable bonds is 3. The summed E-state index contributed by atoms with van der Waals surface area (Å²) in [5, 5.41) is 0. The predicted molar refractivity (Wildman–Crippen MR) is 42.3 cm³/mol. The minimum atomic E-state index is 0.685. The molecule has 0 unspecified atom stereocenters. The molecule has 0 N–H and O–H groups in total. The first-order valence-electron chi connectivity index (χ1n) is 3.22. The van der Waals surface area contributed by atoms with E-state index in [1.54, 1.807) is 0 Å². The zero-order valence-electron chi connectivity index (χ0n) is 5.90. The van der Waals surface area contributed by atoms with Crippen LogP contribution >= 0.6 is 12.2 Å². The maximum atomic E-state index is 5.02. The average Bonchev–Trinajstić information content (AvgIpc) is 1.69. The van der Waals surface area contributed by atoms with E-state index in [-0.39, 0.29) is 0 Å². The van der Waals surface area contributed by atoms with Crippen molar-refractivity contribution in [2.75, 3.05) is 0 Å². The van der Waals surface area contributed by atoms with Gasteiger partial charge in [0.15, 0.2) is 0 Å². The lowest BCUT2D eigenvalue weighted by molar-refractivity contribution is 0.648. The molecule has 0 saturated heterocycles. The van der Waals surface area contributed by atoms with E-state index < -0.39 is 0 Å². The van der Waals surface area contributed by atoms with Crippen LogP contribution in [0.5, 0.6) is 0 Å². The fourth-order valence-corrected chi connectivity index (χ4v) is 1.20. The Hall–Kier alpha value is 0.0900. The standard InChI is InChI=1S/C7H14S/c1-4-7(5-2)6(3)8/h7H,4-5H2,1-3H3. The largest absolute Gasteiger partial charge is 0.0897 e. The van der Waals surface area contributed by atoms with E-state index in [0.717, 1.165) is 4.86 Å². The normalized spacial score (nSPS) is 10.0. The van der Waals surface area contributed by atoms with Gasteiger partial charge < -0.3 is 0 Å². The van der Waals surface area contributed by atoms with E-state index in [1.807, 2.05) is 6.92 Å². The number of hydrogen-bond acceptors (Lipinski definition) is 1. The molecule has 0 aliphatic rings. The molecule has 0 rings (SSSR count). The maximum absolute atomic E-state index is 5.02. The van der Waals surface area contributed by atoms with Crippen LogP contribution in [0.1, 0.15) is 33.6 Å². The third-order valence-electron chi connectivity index (χ3n) is 1.56. The van der Waals surface area contributed by atoms with Gasteiger partial charge in [0.25, 0.3) is 0 Å². The second kappa shape index (κ2) is 4.02. The lowest BCUT2D eigenvalue weighted by atomic mass is 10.0. The van der Waals surface area contributed by atoms with Crippen molar-refractivity contribution in [3.63, 3.8) is 0 Å². The molecule has 0 aromatic heterocycles. The number of thiocarbonyl (C=S) groups is 1. The molecule has 0 aromatic rings. The molecule has 0 aliphatic carbocycles. The van der Waals surface area contributed by atoms with E-state index in [1.165, 1.54) is 12.8 Å². The Kier molecular flexibility index (Phi) is 4.06. The Morgan fingerprint density at radius 2 is 1.75 bits per heavy atom. The zero-order valence-corrected chi connectivity index (χ0v) is 6.72. The molecule has 1 heteroatoms. The Morgan fingerprint density at radius 1 is 1.38 bits per heavy atom. The molecule has 0 fully saturated rings. The highest BCUT2D eigenvalue weighted by Gasteiger charge is 2.02. The SMILES string of the molecule is CCC(CC)C(C)=S. The van der Waals surface area contributed by atoms with Gasteiger partial charge in [-0.1, -0.05) is 26.1 Å². The minimum absolute atomic E-state index is 0.685. The van der Waals surface area contributed by atoms with Crippen LogP contribution in [0, 0.1) is 5.92 Å². The first-order chi connectivity index (χ1) is 3.72. The molecule has 0 amide bonds. The molecule has 8 heavy (non-hydrogen) atoms. The van der Waals surface area contributed by atoms with E-state index in [9.17, 15) is 0 Å². The molecular weight excluding hydrogens is 116 g/mol. The summed E-state index contributed by atoms with van der Waals surface area (Å²) < 4.78 is 0. The lowest BCUT2D eigenvalue weighted by Crippen LogP contribution is -2.04. The van der Waals surface area contributed by atoms with Crippen molar-refractivity contribution in [2.45, 2.75) is 33.6 Å². The molecule has 0 aromatic carbocycles. The molecule has 0 spiro atoms. The van der Waals surface area contributed by atoms with Crippen LogP contribution in [0.15, 0.2) is 0 Å². The molecule has 0 nitrogen and oxygen atoms in total. The summed E-state index contributed by atoms with van der Waals surface area (Å²) in [5.41, 5.74) is 0. The lowest BCUT2D eigenvalue weighted by Gasteiger charge is -2.07. The molecule has 0 bridgehead atoms. The fourth-order valence-electron chi connectivity index (χ4n) is 0.864. The van der Waals surface area contributed by atoms with Gasteiger partial charge >= 0.3 is 0 Å². The van der Waals surface area contributed by atoms with E-state index in [4.69, 9.17) is 12.2 Å². The summed E-state index contributed by atoms with van der Waals surface area (Å²) >= 11 is 5.02. The Balaban J connectivity index is 3.52. The van der Waals surface area contributed by atoms with Crippen molar-refractivity contribution in [3.8, 4) is 0 Å². The second-order valence-electron chi connectivity index (χ2n) is 2.12. The highest BCUT2D eigenvalue weighted by atomic mass is 32.1. The van der Waals surface area contributed by atoms with Gasteiger partial charge in [0, 0.05) is 0 Å². The molecule has 0 saturated carbocycles. The van der Waals surface area contributed by atoms with Gasteiger partial charge in [0.2, 0.25) is 0 Å². The molecular formula is C7H14S. The molecule has 0 aliphatic heterocycles. The average molecular weight is 130 g/mol. The third kappa shape index (κ3) is 2.41. The van der Waals surface area contributed by atoms with Crippen molar-refractivity contribution in [1.82, 2.24) is 0 Å². The smallest absolute Gasteiger partial charge is 0.00718 e. The Bertz CT molecular complexity index is 72.5. The van der Waals surface area contributed by atoms with Crippen molar-refractivity contribution in [1.29, 1.82) is 0 Å². The van der Waals surface area contributed by atoms with E-state index >= 15 is 0 Å². The topological polar surface area (TPSA) is 0 Å². The Labute approximate surface area is 57.3 Å². The van der Waals surface area contributed by atoms with Crippen LogP contribution in [-0.4, -0.2) is 4.86 Å². The van der Waals surface area contributed by atoms with Crippen molar-refractivity contribution >= 4 is 17.1 Å². The van der Waals surface area contributed by atoms with Gasteiger partial charge in [-0.15, -0.1) is 0 Å². The highest BCUT2D eigenvalue weighted by molar-refractivity contribution is 7.80. The van der Waals surface area contributed by atoms with Gasteiger partial charge in [0.05, 0.1) is 0 Å². The van der Waals surface area contributed by atoms with Crippen LogP contribution in [-0.2, 0) is 0 Å². The fraction of sp³-hybridized carbons (Fsp3) is 0.857. The summed E-state index contributed by atoms with van der Waals surface area (Å²) in [5.74, 6) is 0.685. The van der Waals surface area contributed by atoms with Crippen LogP contribution in [0.3, 0.4) is 0 Å². The molecule has 0 heterocycles. The van der Waals surface area contributed by atoms with Gasteiger partial charge in [0.1, 0.15) is 0 Å².